The van der Waals surface area contributed by atoms with Crippen molar-refractivity contribution in [1.82, 2.24) is 10.5 Å². The first kappa shape index (κ1) is 12.2. The van der Waals surface area contributed by atoms with E-state index in [1.807, 2.05) is 6.92 Å². The van der Waals surface area contributed by atoms with Crippen molar-refractivity contribution < 1.29 is 9.32 Å². The standard InChI is InChI=1S/C10H15BrN2O2/c1-7(4-3-5-11)13-10(14)9-6-12-15-8(9)2/h6-7H,3-5H2,1-2H3,(H,13,14). The van der Waals surface area contributed by atoms with E-state index in [0.717, 1.165) is 18.2 Å². The molecule has 1 aromatic heterocycles. The highest BCUT2D eigenvalue weighted by Crippen LogP contribution is 2.07. The van der Waals surface area contributed by atoms with Gasteiger partial charge in [0.2, 0.25) is 0 Å². The van der Waals surface area contributed by atoms with Crippen molar-refractivity contribution in [2.24, 2.45) is 0 Å². The molecular weight excluding hydrogens is 260 g/mol. The minimum absolute atomic E-state index is 0.115. The van der Waals surface area contributed by atoms with Gasteiger partial charge in [0.25, 0.3) is 5.91 Å². The van der Waals surface area contributed by atoms with Gasteiger partial charge >= 0.3 is 0 Å². The Hall–Kier alpha value is -0.840. The Morgan fingerprint density at radius 1 is 1.73 bits per heavy atom. The molecule has 4 nitrogen and oxygen atoms in total. The number of alkyl halides is 1. The summed E-state index contributed by atoms with van der Waals surface area (Å²) in [6.07, 6.45) is 3.45. The lowest BCUT2D eigenvalue weighted by atomic mass is 10.2. The van der Waals surface area contributed by atoms with Gasteiger partial charge in [-0.15, -0.1) is 0 Å². The van der Waals surface area contributed by atoms with Gasteiger partial charge in [-0.3, -0.25) is 4.79 Å². The van der Waals surface area contributed by atoms with E-state index in [4.69, 9.17) is 4.52 Å². The number of carbonyl (C=O) groups excluding carboxylic acids is 1. The van der Waals surface area contributed by atoms with E-state index in [-0.39, 0.29) is 11.9 Å². The molecule has 1 atom stereocenters. The molecule has 84 valence electrons. The van der Waals surface area contributed by atoms with Crippen LogP contribution in [0, 0.1) is 6.92 Å². The van der Waals surface area contributed by atoms with E-state index in [9.17, 15) is 4.79 Å². The maximum Gasteiger partial charge on any atom is 0.256 e. The highest BCUT2D eigenvalue weighted by molar-refractivity contribution is 9.09. The quantitative estimate of drug-likeness (QED) is 0.839. The van der Waals surface area contributed by atoms with Gasteiger partial charge in [-0.25, -0.2) is 0 Å². The first-order chi connectivity index (χ1) is 7.15. The zero-order chi connectivity index (χ0) is 11.3. The summed E-state index contributed by atoms with van der Waals surface area (Å²) in [5.74, 6) is 0.441. The van der Waals surface area contributed by atoms with Crippen molar-refractivity contribution in [1.29, 1.82) is 0 Å². The highest BCUT2D eigenvalue weighted by Gasteiger charge is 2.14. The molecule has 1 aromatic rings. The Kier molecular flexibility index (Phi) is 4.81. The zero-order valence-corrected chi connectivity index (χ0v) is 10.5. The Bertz CT molecular complexity index is 325. The first-order valence-corrected chi connectivity index (χ1v) is 6.05. The van der Waals surface area contributed by atoms with E-state index in [1.165, 1.54) is 6.20 Å². The highest BCUT2D eigenvalue weighted by atomic mass is 79.9. The molecule has 0 aliphatic heterocycles. The first-order valence-electron chi connectivity index (χ1n) is 4.93. The van der Waals surface area contributed by atoms with Crippen molar-refractivity contribution >= 4 is 21.8 Å². The summed E-state index contributed by atoms with van der Waals surface area (Å²) in [5.41, 5.74) is 0.515. The molecule has 0 bridgehead atoms. The van der Waals surface area contributed by atoms with Gasteiger partial charge in [-0.2, -0.15) is 0 Å². The Morgan fingerprint density at radius 3 is 3.00 bits per heavy atom. The number of aromatic nitrogens is 1. The Morgan fingerprint density at radius 2 is 2.47 bits per heavy atom. The van der Waals surface area contributed by atoms with Crippen LogP contribution in [-0.2, 0) is 0 Å². The summed E-state index contributed by atoms with van der Waals surface area (Å²) in [7, 11) is 0. The second-order valence-electron chi connectivity index (χ2n) is 3.50. The van der Waals surface area contributed by atoms with Crippen LogP contribution in [0.25, 0.3) is 0 Å². The summed E-state index contributed by atoms with van der Waals surface area (Å²) >= 11 is 3.36. The molecule has 1 heterocycles. The van der Waals surface area contributed by atoms with Crippen LogP contribution in [0.5, 0.6) is 0 Å². The van der Waals surface area contributed by atoms with Gasteiger partial charge in [0.1, 0.15) is 11.3 Å². The third-order valence-corrected chi connectivity index (χ3v) is 2.70. The van der Waals surface area contributed by atoms with E-state index < -0.39 is 0 Å². The van der Waals surface area contributed by atoms with Crippen molar-refractivity contribution in [3.8, 4) is 0 Å². The Balaban J connectivity index is 2.46. The number of hydrogen-bond acceptors (Lipinski definition) is 3. The number of nitrogens with one attached hydrogen (secondary N) is 1. The number of amides is 1. The average Bonchev–Trinajstić information content (AvgIpc) is 2.61. The molecule has 1 unspecified atom stereocenters. The minimum Gasteiger partial charge on any atom is -0.361 e. The van der Waals surface area contributed by atoms with Gasteiger partial charge < -0.3 is 9.84 Å². The topological polar surface area (TPSA) is 55.1 Å². The monoisotopic (exact) mass is 274 g/mol. The number of halogens is 1. The molecule has 1 rings (SSSR count). The maximum absolute atomic E-state index is 11.7. The summed E-state index contributed by atoms with van der Waals surface area (Å²) in [5, 5.41) is 7.42. The number of carbonyl (C=O) groups is 1. The van der Waals surface area contributed by atoms with Crippen molar-refractivity contribution in [2.75, 3.05) is 5.33 Å². The normalized spacial score (nSPS) is 12.5. The third kappa shape index (κ3) is 3.66. The summed E-state index contributed by atoms with van der Waals surface area (Å²) in [4.78, 5) is 11.7. The molecule has 0 saturated carbocycles. The molecular formula is C10H15BrN2O2. The van der Waals surface area contributed by atoms with E-state index in [0.29, 0.717) is 11.3 Å². The number of rotatable bonds is 5. The molecule has 15 heavy (non-hydrogen) atoms. The lowest BCUT2D eigenvalue weighted by molar-refractivity contribution is 0.0937. The Labute approximate surface area is 97.5 Å². The SMILES string of the molecule is Cc1oncc1C(=O)NC(C)CCCBr. The predicted octanol–water partition coefficient (Wildman–Crippen LogP) is 2.28. The number of hydrogen-bond donors (Lipinski definition) is 1. The molecule has 0 radical (unpaired) electrons. The van der Waals surface area contributed by atoms with Gasteiger partial charge in [-0.1, -0.05) is 21.1 Å². The van der Waals surface area contributed by atoms with Crippen LogP contribution in [0.15, 0.2) is 10.7 Å². The zero-order valence-electron chi connectivity index (χ0n) is 8.92. The molecule has 0 spiro atoms. The van der Waals surface area contributed by atoms with Gasteiger partial charge in [0.05, 0.1) is 6.20 Å². The van der Waals surface area contributed by atoms with Crippen molar-refractivity contribution in [2.45, 2.75) is 32.7 Å². The van der Waals surface area contributed by atoms with Gasteiger partial charge in [0.15, 0.2) is 0 Å². The van der Waals surface area contributed by atoms with Crippen LogP contribution < -0.4 is 5.32 Å². The largest absolute Gasteiger partial charge is 0.361 e. The van der Waals surface area contributed by atoms with Crippen LogP contribution in [0.2, 0.25) is 0 Å². The lowest BCUT2D eigenvalue weighted by Gasteiger charge is -2.12. The lowest BCUT2D eigenvalue weighted by Crippen LogP contribution is -2.32. The van der Waals surface area contributed by atoms with E-state index in [2.05, 4.69) is 26.4 Å². The van der Waals surface area contributed by atoms with E-state index in [1.54, 1.807) is 6.92 Å². The molecule has 0 aromatic carbocycles. The van der Waals surface area contributed by atoms with Crippen LogP contribution in [0.3, 0.4) is 0 Å². The van der Waals surface area contributed by atoms with Crippen LogP contribution >= 0.6 is 15.9 Å². The van der Waals surface area contributed by atoms with Crippen LogP contribution in [0.1, 0.15) is 35.9 Å². The maximum atomic E-state index is 11.7. The van der Waals surface area contributed by atoms with Crippen molar-refractivity contribution in [3.63, 3.8) is 0 Å². The fourth-order valence-electron chi connectivity index (χ4n) is 1.27. The predicted molar refractivity (Wildman–Crippen MR) is 61.2 cm³/mol. The van der Waals surface area contributed by atoms with Crippen LogP contribution in [-0.4, -0.2) is 22.4 Å². The fraction of sp³-hybridized carbons (Fsp3) is 0.600. The molecule has 1 N–H and O–H groups in total. The number of nitrogens with zero attached hydrogens (tertiary/aromatic N) is 1. The average molecular weight is 275 g/mol. The van der Waals surface area contributed by atoms with Crippen LogP contribution in [0.4, 0.5) is 0 Å². The smallest absolute Gasteiger partial charge is 0.256 e. The molecule has 0 aliphatic carbocycles. The second kappa shape index (κ2) is 5.90. The molecule has 1 amide bonds. The molecule has 0 fully saturated rings. The molecule has 0 aliphatic rings. The molecule has 0 saturated heterocycles. The summed E-state index contributed by atoms with van der Waals surface area (Å²) < 4.78 is 4.83. The minimum atomic E-state index is -0.115. The summed E-state index contributed by atoms with van der Waals surface area (Å²) in [6, 6.07) is 0.171. The third-order valence-electron chi connectivity index (χ3n) is 2.14. The second-order valence-corrected chi connectivity index (χ2v) is 4.29. The van der Waals surface area contributed by atoms with Crippen molar-refractivity contribution in [3.05, 3.63) is 17.5 Å². The molecule has 5 heteroatoms. The van der Waals surface area contributed by atoms with E-state index >= 15 is 0 Å². The fourth-order valence-corrected chi connectivity index (χ4v) is 1.60. The van der Waals surface area contributed by atoms with Gasteiger partial charge in [-0.05, 0) is 26.7 Å². The van der Waals surface area contributed by atoms with Gasteiger partial charge in [0, 0.05) is 11.4 Å². The summed E-state index contributed by atoms with van der Waals surface area (Å²) in [6.45, 7) is 3.72. The number of aryl methyl sites for hydroxylation is 1.